The molecule has 0 saturated heterocycles. The van der Waals surface area contributed by atoms with Crippen LogP contribution in [0.25, 0.3) is 6.08 Å². The van der Waals surface area contributed by atoms with E-state index in [0.29, 0.717) is 0 Å². The lowest BCUT2D eigenvalue weighted by atomic mass is 10.1. The summed E-state index contributed by atoms with van der Waals surface area (Å²) in [7, 11) is 0. The smallest absolute Gasteiger partial charge is 0.0413 e. The van der Waals surface area contributed by atoms with Crippen LogP contribution in [-0.2, 0) is 6.42 Å². The third-order valence-corrected chi connectivity index (χ3v) is 2.59. The highest BCUT2D eigenvalue weighted by Gasteiger charge is 1.99. The summed E-state index contributed by atoms with van der Waals surface area (Å²) in [4.78, 5) is 0. The monoisotopic (exact) mass is 203 g/mol. The number of unbranched alkanes of at least 4 members (excludes halogenated alkanes) is 1. The van der Waals surface area contributed by atoms with E-state index in [4.69, 9.17) is 0 Å². The van der Waals surface area contributed by atoms with Crippen LogP contribution < -0.4 is 5.32 Å². The number of nitrogens with one attached hydrogen (secondary N) is 1. The fraction of sp³-hybridized carbons (Fsp3) is 0.429. The molecule has 1 nitrogen and oxygen atoms in total. The number of anilines is 1. The van der Waals surface area contributed by atoms with Gasteiger partial charge in [-0.3, -0.25) is 0 Å². The van der Waals surface area contributed by atoms with Crippen molar-refractivity contribution in [2.24, 2.45) is 0 Å². The van der Waals surface area contributed by atoms with Crippen LogP contribution in [0.3, 0.4) is 0 Å². The van der Waals surface area contributed by atoms with E-state index in [2.05, 4.69) is 43.9 Å². The Labute approximate surface area is 93.2 Å². The predicted molar refractivity (Wildman–Crippen MR) is 69.3 cm³/mol. The van der Waals surface area contributed by atoms with Gasteiger partial charge >= 0.3 is 0 Å². The maximum absolute atomic E-state index is 3.86. The van der Waals surface area contributed by atoms with Gasteiger partial charge in [-0.15, -0.1) is 0 Å². The Hall–Kier alpha value is -1.24. The second kappa shape index (κ2) is 6.28. The van der Waals surface area contributed by atoms with E-state index in [1.54, 1.807) is 0 Å². The molecule has 0 aliphatic carbocycles. The summed E-state index contributed by atoms with van der Waals surface area (Å²) < 4.78 is 0. The number of benzene rings is 1. The van der Waals surface area contributed by atoms with Gasteiger partial charge < -0.3 is 5.32 Å². The molecule has 0 saturated carbocycles. The van der Waals surface area contributed by atoms with Gasteiger partial charge in [0.15, 0.2) is 0 Å². The summed E-state index contributed by atoms with van der Waals surface area (Å²) in [5.74, 6) is 0. The Morgan fingerprint density at radius 2 is 2.13 bits per heavy atom. The molecule has 0 fully saturated rings. The summed E-state index contributed by atoms with van der Waals surface area (Å²) in [5, 5.41) is 3.45. The molecule has 1 N–H and O–H groups in total. The van der Waals surface area contributed by atoms with Crippen molar-refractivity contribution in [1.29, 1.82) is 0 Å². The fourth-order valence-corrected chi connectivity index (χ4v) is 1.56. The molecule has 0 aromatic heterocycles. The van der Waals surface area contributed by atoms with Crippen LogP contribution in [0.1, 0.15) is 37.8 Å². The zero-order chi connectivity index (χ0) is 11.1. The fourth-order valence-electron chi connectivity index (χ4n) is 1.56. The zero-order valence-corrected chi connectivity index (χ0v) is 9.84. The van der Waals surface area contributed by atoms with Gasteiger partial charge in [0.2, 0.25) is 0 Å². The van der Waals surface area contributed by atoms with E-state index in [1.165, 1.54) is 29.7 Å². The van der Waals surface area contributed by atoms with Crippen LogP contribution in [0.4, 0.5) is 5.69 Å². The topological polar surface area (TPSA) is 12.0 Å². The molecule has 1 heteroatoms. The molecule has 0 atom stereocenters. The number of aryl methyl sites for hydroxylation is 1. The molecule has 0 spiro atoms. The SMILES string of the molecule is C=Cc1cc(CC)ccc1NCCCC. The van der Waals surface area contributed by atoms with E-state index >= 15 is 0 Å². The first-order valence-corrected chi connectivity index (χ1v) is 5.81. The van der Waals surface area contributed by atoms with Crippen molar-refractivity contribution < 1.29 is 0 Å². The van der Waals surface area contributed by atoms with Crippen LogP contribution in [0.15, 0.2) is 24.8 Å². The van der Waals surface area contributed by atoms with Crippen molar-refractivity contribution >= 4 is 11.8 Å². The Morgan fingerprint density at radius 3 is 2.73 bits per heavy atom. The highest BCUT2D eigenvalue weighted by molar-refractivity contribution is 5.66. The number of hydrogen-bond acceptors (Lipinski definition) is 1. The molecule has 0 bridgehead atoms. The Bertz CT molecular complexity index is 315. The van der Waals surface area contributed by atoms with Gasteiger partial charge in [-0.1, -0.05) is 39.0 Å². The molecule has 1 aromatic rings. The summed E-state index contributed by atoms with van der Waals surface area (Å²) in [6.07, 6.45) is 5.44. The molecule has 1 rings (SSSR count). The van der Waals surface area contributed by atoms with Crippen LogP contribution >= 0.6 is 0 Å². The molecule has 82 valence electrons. The van der Waals surface area contributed by atoms with Gasteiger partial charge in [0.05, 0.1) is 0 Å². The maximum Gasteiger partial charge on any atom is 0.0413 e. The summed E-state index contributed by atoms with van der Waals surface area (Å²) in [6.45, 7) is 9.28. The second-order valence-corrected chi connectivity index (χ2v) is 3.76. The lowest BCUT2D eigenvalue weighted by Crippen LogP contribution is -2.02. The molecule has 0 amide bonds. The molecule has 15 heavy (non-hydrogen) atoms. The van der Waals surface area contributed by atoms with Crippen molar-refractivity contribution in [2.45, 2.75) is 33.1 Å². The molecule has 0 radical (unpaired) electrons. The maximum atomic E-state index is 3.86. The Morgan fingerprint density at radius 1 is 1.33 bits per heavy atom. The lowest BCUT2D eigenvalue weighted by Gasteiger charge is -2.10. The van der Waals surface area contributed by atoms with E-state index in [-0.39, 0.29) is 0 Å². The first-order chi connectivity index (χ1) is 7.31. The molecular weight excluding hydrogens is 182 g/mol. The molecule has 0 unspecified atom stereocenters. The van der Waals surface area contributed by atoms with Crippen molar-refractivity contribution in [3.05, 3.63) is 35.9 Å². The van der Waals surface area contributed by atoms with Gasteiger partial charge in [0.25, 0.3) is 0 Å². The Balaban J connectivity index is 2.73. The molecule has 0 aliphatic rings. The lowest BCUT2D eigenvalue weighted by molar-refractivity contribution is 0.834. The quantitative estimate of drug-likeness (QED) is 0.686. The van der Waals surface area contributed by atoms with Gasteiger partial charge in [-0.05, 0) is 36.1 Å². The molecular formula is C14H21N. The van der Waals surface area contributed by atoms with E-state index in [1.807, 2.05) is 6.08 Å². The molecule has 1 aromatic carbocycles. The van der Waals surface area contributed by atoms with Gasteiger partial charge in [-0.2, -0.15) is 0 Å². The minimum atomic E-state index is 1.04. The first-order valence-electron chi connectivity index (χ1n) is 5.81. The third kappa shape index (κ3) is 3.43. The first kappa shape index (κ1) is 11.8. The van der Waals surface area contributed by atoms with Crippen LogP contribution in [0.2, 0.25) is 0 Å². The van der Waals surface area contributed by atoms with Crippen molar-refractivity contribution in [2.75, 3.05) is 11.9 Å². The van der Waals surface area contributed by atoms with Crippen LogP contribution in [0, 0.1) is 0 Å². The van der Waals surface area contributed by atoms with E-state index in [9.17, 15) is 0 Å². The Kier molecular flexibility index (Phi) is 4.96. The van der Waals surface area contributed by atoms with Gasteiger partial charge in [-0.25, -0.2) is 0 Å². The predicted octanol–water partition coefficient (Wildman–Crippen LogP) is 4.10. The highest BCUT2D eigenvalue weighted by Crippen LogP contribution is 2.19. The van der Waals surface area contributed by atoms with Crippen molar-refractivity contribution in [1.82, 2.24) is 0 Å². The normalized spacial score (nSPS) is 10.0. The van der Waals surface area contributed by atoms with Crippen LogP contribution in [-0.4, -0.2) is 6.54 Å². The third-order valence-electron chi connectivity index (χ3n) is 2.59. The second-order valence-electron chi connectivity index (χ2n) is 3.76. The summed E-state index contributed by atoms with van der Waals surface area (Å²) in [6, 6.07) is 6.55. The molecule has 0 heterocycles. The summed E-state index contributed by atoms with van der Waals surface area (Å²) in [5.41, 5.74) is 3.78. The minimum absolute atomic E-state index is 1.04. The van der Waals surface area contributed by atoms with E-state index < -0.39 is 0 Å². The number of rotatable bonds is 6. The largest absolute Gasteiger partial charge is 0.385 e. The zero-order valence-electron chi connectivity index (χ0n) is 9.84. The van der Waals surface area contributed by atoms with E-state index in [0.717, 1.165) is 13.0 Å². The van der Waals surface area contributed by atoms with Gasteiger partial charge in [0, 0.05) is 12.2 Å². The average Bonchev–Trinajstić information content (AvgIpc) is 2.29. The van der Waals surface area contributed by atoms with Crippen molar-refractivity contribution in [3.8, 4) is 0 Å². The van der Waals surface area contributed by atoms with Crippen LogP contribution in [0.5, 0.6) is 0 Å². The number of hydrogen-bond donors (Lipinski definition) is 1. The highest BCUT2D eigenvalue weighted by atomic mass is 14.9. The van der Waals surface area contributed by atoms with Crippen molar-refractivity contribution in [3.63, 3.8) is 0 Å². The molecule has 0 aliphatic heterocycles. The van der Waals surface area contributed by atoms with Gasteiger partial charge in [0.1, 0.15) is 0 Å². The minimum Gasteiger partial charge on any atom is -0.385 e. The average molecular weight is 203 g/mol. The summed E-state index contributed by atoms with van der Waals surface area (Å²) >= 11 is 0. The standard InChI is InChI=1S/C14H21N/c1-4-7-10-15-14-9-8-12(5-2)11-13(14)6-3/h6,8-9,11,15H,3-5,7,10H2,1-2H3.